The molecule has 3 rings (SSSR count). The number of methoxy groups -OCH3 is 3. The van der Waals surface area contributed by atoms with Crippen LogP contribution in [0.25, 0.3) is 6.08 Å². The first-order valence-electron chi connectivity index (χ1n) is 8.90. The highest BCUT2D eigenvalue weighted by atomic mass is 16.5. The van der Waals surface area contributed by atoms with E-state index in [1.54, 1.807) is 45.7 Å². The highest BCUT2D eigenvalue weighted by Crippen LogP contribution is 2.40. The van der Waals surface area contributed by atoms with Gasteiger partial charge in [-0.15, -0.1) is 0 Å². The van der Waals surface area contributed by atoms with E-state index in [2.05, 4.69) is 17.3 Å². The summed E-state index contributed by atoms with van der Waals surface area (Å²) in [6.45, 7) is 2.13. The molecule has 1 unspecified atom stereocenters. The summed E-state index contributed by atoms with van der Waals surface area (Å²) in [5.41, 5.74) is 0.713. The zero-order valence-electron chi connectivity index (χ0n) is 16.1. The normalized spacial score (nSPS) is 14.8. The van der Waals surface area contributed by atoms with Gasteiger partial charge in [0.1, 0.15) is 11.6 Å². The third-order valence-corrected chi connectivity index (χ3v) is 4.76. The van der Waals surface area contributed by atoms with Crippen molar-refractivity contribution in [3.63, 3.8) is 0 Å². The quantitative estimate of drug-likeness (QED) is 0.719. The average Bonchev–Trinajstić information content (AvgIpc) is 3.44. The number of carbonyl (C=O) groups excluding carboxylic acids is 1. The van der Waals surface area contributed by atoms with Crippen molar-refractivity contribution in [1.29, 1.82) is 0 Å². The van der Waals surface area contributed by atoms with E-state index in [1.807, 2.05) is 10.7 Å². The summed E-state index contributed by atoms with van der Waals surface area (Å²) in [7, 11) is 4.69. The molecule has 0 radical (unpaired) electrons. The van der Waals surface area contributed by atoms with Crippen LogP contribution in [0.15, 0.2) is 30.5 Å². The number of hydrogen-bond acceptors (Lipinski definition) is 5. The Balaban J connectivity index is 1.74. The maximum absolute atomic E-state index is 12.4. The topological polar surface area (TPSA) is 74.6 Å². The first-order chi connectivity index (χ1) is 13.1. The number of rotatable bonds is 8. The van der Waals surface area contributed by atoms with Gasteiger partial charge in [0, 0.05) is 23.8 Å². The van der Waals surface area contributed by atoms with Crippen LogP contribution in [0.3, 0.4) is 0 Å². The van der Waals surface area contributed by atoms with Crippen molar-refractivity contribution in [2.75, 3.05) is 26.6 Å². The summed E-state index contributed by atoms with van der Waals surface area (Å²) in [5.74, 6) is 2.82. The second-order valence-corrected chi connectivity index (χ2v) is 6.51. The molecule has 1 aliphatic carbocycles. The number of nitrogens with zero attached hydrogens (tertiary/aromatic N) is 2. The first-order valence-corrected chi connectivity index (χ1v) is 8.90. The molecule has 0 aliphatic heterocycles. The van der Waals surface area contributed by atoms with Crippen LogP contribution in [-0.4, -0.2) is 37.0 Å². The Hall–Kier alpha value is -2.96. The fourth-order valence-electron chi connectivity index (χ4n) is 3.03. The molecule has 7 nitrogen and oxygen atoms in total. The summed E-state index contributed by atoms with van der Waals surface area (Å²) in [5, 5.41) is 7.24. The van der Waals surface area contributed by atoms with E-state index in [0.717, 1.165) is 0 Å². The monoisotopic (exact) mass is 371 g/mol. The molecule has 0 bridgehead atoms. The third kappa shape index (κ3) is 4.24. The third-order valence-electron chi connectivity index (χ3n) is 4.76. The first kappa shape index (κ1) is 18.8. The van der Waals surface area contributed by atoms with Gasteiger partial charge in [0.15, 0.2) is 11.5 Å². The van der Waals surface area contributed by atoms with E-state index in [1.165, 1.54) is 18.9 Å². The van der Waals surface area contributed by atoms with Gasteiger partial charge in [0.2, 0.25) is 5.91 Å². The predicted molar refractivity (Wildman–Crippen MR) is 103 cm³/mol. The minimum atomic E-state index is -0.239. The van der Waals surface area contributed by atoms with E-state index in [-0.39, 0.29) is 11.9 Å². The van der Waals surface area contributed by atoms with Gasteiger partial charge in [-0.25, -0.2) is 4.68 Å². The van der Waals surface area contributed by atoms with Crippen LogP contribution in [0.1, 0.15) is 31.4 Å². The summed E-state index contributed by atoms with van der Waals surface area (Å²) in [6.07, 6.45) is 7.28. The van der Waals surface area contributed by atoms with Crippen LogP contribution in [-0.2, 0) is 4.79 Å². The molecule has 144 valence electrons. The lowest BCUT2D eigenvalue weighted by Crippen LogP contribution is -2.16. The molecule has 0 spiro atoms. The zero-order chi connectivity index (χ0) is 19.4. The summed E-state index contributed by atoms with van der Waals surface area (Å²) >= 11 is 0. The molecule has 1 aromatic carbocycles. The van der Waals surface area contributed by atoms with Crippen LogP contribution in [0.4, 0.5) is 5.82 Å². The van der Waals surface area contributed by atoms with Gasteiger partial charge >= 0.3 is 0 Å². The second kappa shape index (κ2) is 8.16. The maximum atomic E-state index is 12.4. The average molecular weight is 371 g/mol. The lowest BCUT2D eigenvalue weighted by Gasteiger charge is -2.14. The fraction of sp³-hybridized carbons (Fsp3) is 0.400. The summed E-state index contributed by atoms with van der Waals surface area (Å²) < 4.78 is 17.8. The molecule has 7 heteroatoms. The van der Waals surface area contributed by atoms with Gasteiger partial charge in [0.25, 0.3) is 0 Å². The van der Waals surface area contributed by atoms with Gasteiger partial charge in [-0.3, -0.25) is 4.79 Å². The van der Waals surface area contributed by atoms with Gasteiger partial charge in [-0.1, -0.05) is 0 Å². The van der Waals surface area contributed by atoms with E-state index in [9.17, 15) is 4.79 Å². The number of benzene rings is 1. The van der Waals surface area contributed by atoms with Crippen LogP contribution in [0.5, 0.6) is 17.2 Å². The number of amides is 1. The van der Waals surface area contributed by atoms with Crippen molar-refractivity contribution >= 4 is 17.8 Å². The standard InChI is InChI=1S/C20H25N3O4/c1-13(14-5-6-14)23-19(9-10-21-23)22-20(24)8-7-15-11-17(26-3)18(27-4)12-16(15)25-2/h7-14H,5-6H2,1-4H3,(H,22,24)/b8-7+. The fourth-order valence-corrected chi connectivity index (χ4v) is 3.03. The second-order valence-electron chi connectivity index (χ2n) is 6.51. The van der Waals surface area contributed by atoms with Crippen LogP contribution in [0.2, 0.25) is 0 Å². The van der Waals surface area contributed by atoms with Crippen molar-refractivity contribution in [1.82, 2.24) is 9.78 Å². The summed E-state index contributed by atoms with van der Waals surface area (Å²) in [4.78, 5) is 12.4. The lowest BCUT2D eigenvalue weighted by atomic mass is 10.1. The van der Waals surface area contributed by atoms with Crippen molar-refractivity contribution in [2.45, 2.75) is 25.8 Å². The van der Waals surface area contributed by atoms with Crippen LogP contribution in [0, 0.1) is 5.92 Å². The molecule has 1 amide bonds. The van der Waals surface area contributed by atoms with E-state index >= 15 is 0 Å². The van der Waals surface area contributed by atoms with E-state index < -0.39 is 0 Å². The van der Waals surface area contributed by atoms with Gasteiger partial charge in [0.05, 0.1) is 33.6 Å². The molecule has 27 heavy (non-hydrogen) atoms. The Morgan fingerprint density at radius 1 is 1.19 bits per heavy atom. The molecule has 1 atom stereocenters. The van der Waals surface area contributed by atoms with E-state index in [0.29, 0.717) is 34.5 Å². The number of ether oxygens (including phenoxy) is 3. The highest BCUT2D eigenvalue weighted by Gasteiger charge is 2.30. The number of anilines is 1. The molecule has 1 aliphatic rings. The smallest absolute Gasteiger partial charge is 0.249 e. The minimum Gasteiger partial charge on any atom is -0.496 e. The Morgan fingerprint density at radius 2 is 1.85 bits per heavy atom. The molecule has 1 saturated carbocycles. The molecule has 1 heterocycles. The molecule has 1 aromatic heterocycles. The molecular weight excluding hydrogens is 346 g/mol. The van der Waals surface area contributed by atoms with Crippen molar-refractivity contribution in [3.8, 4) is 17.2 Å². The zero-order valence-corrected chi connectivity index (χ0v) is 16.1. The minimum absolute atomic E-state index is 0.239. The molecule has 0 saturated heterocycles. The number of hydrogen-bond donors (Lipinski definition) is 1. The molecule has 2 aromatic rings. The van der Waals surface area contributed by atoms with Crippen molar-refractivity contribution < 1.29 is 19.0 Å². The number of nitrogens with one attached hydrogen (secondary N) is 1. The summed E-state index contributed by atoms with van der Waals surface area (Å²) in [6, 6.07) is 5.58. The Morgan fingerprint density at radius 3 is 2.48 bits per heavy atom. The van der Waals surface area contributed by atoms with Gasteiger partial charge < -0.3 is 19.5 Å². The van der Waals surface area contributed by atoms with Gasteiger partial charge in [-0.2, -0.15) is 5.10 Å². The highest BCUT2D eigenvalue weighted by molar-refractivity contribution is 6.01. The van der Waals surface area contributed by atoms with Crippen LogP contribution >= 0.6 is 0 Å². The van der Waals surface area contributed by atoms with Crippen LogP contribution < -0.4 is 19.5 Å². The molecule has 1 N–H and O–H groups in total. The Bertz CT molecular complexity index is 840. The van der Waals surface area contributed by atoms with Crippen molar-refractivity contribution in [3.05, 3.63) is 36.0 Å². The predicted octanol–water partition coefficient (Wildman–Crippen LogP) is 3.53. The van der Waals surface area contributed by atoms with E-state index in [4.69, 9.17) is 14.2 Å². The Kier molecular flexibility index (Phi) is 5.69. The van der Waals surface area contributed by atoms with Crippen molar-refractivity contribution in [2.24, 2.45) is 5.92 Å². The van der Waals surface area contributed by atoms with Gasteiger partial charge in [-0.05, 0) is 37.8 Å². The Labute approximate surface area is 158 Å². The molecular formula is C20H25N3O4. The molecule has 1 fully saturated rings. The SMILES string of the molecule is COc1cc(OC)c(OC)cc1/C=C/C(=O)Nc1ccnn1C(C)C1CC1. The maximum Gasteiger partial charge on any atom is 0.249 e. The number of aromatic nitrogens is 2. The largest absolute Gasteiger partial charge is 0.496 e. The lowest BCUT2D eigenvalue weighted by molar-refractivity contribution is -0.111. The number of carbonyl (C=O) groups is 1.